The summed E-state index contributed by atoms with van der Waals surface area (Å²) in [5.74, 6) is 1.96. The zero-order valence-electron chi connectivity index (χ0n) is 12.0. The van der Waals surface area contributed by atoms with Gasteiger partial charge in [-0.3, -0.25) is 9.67 Å². The second-order valence-electron chi connectivity index (χ2n) is 4.99. The first-order chi connectivity index (χ1) is 10.8. The molecular weight excluding hydrogens is 278 g/mol. The van der Waals surface area contributed by atoms with E-state index < -0.39 is 0 Å². The highest BCUT2D eigenvalue weighted by Crippen LogP contribution is 2.30. The SMILES string of the molecule is Cn1ccc(NC2=N[N+]3(c4ccccc4)C=CN=CC3=N2)n1. The number of nitrogens with zero attached hydrogens (tertiary/aromatic N) is 6. The molecule has 0 saturated carbocycles. The number of nitrogens with one attached hydrogen (secondary N) is 1. The van der Waals surface area contributed by atoms with Crippen LogP contribution < -0.4 is 9.91 Å². The first-order valence-electron chi connectivity index (χ1n) is 6.88. The molecule has 0 fully saturated rings. The Morgan fingerprint density at radius 2 is 2.00 bits per heavy atom. The van der Waals surface area contributed by atoms with Crippen LogP contribution in [-0.4, -0.2) is 27.8 Å². The topological polar surface area (TPSA) is 66.9 Å². The Morgan fingerprint density at radius 3 is 2.77 bits per heavy atom. The third-order valence-electron chi connectivity index (χ3n) is 3.48. The number of quaternary nitrogens is 1. The minimum atomic E-state index is 0.180. The minimum absolute atomic E-state index is 0.180. The average Bonchev–Trinajstić information content (AvgIpc) is 3.12. The lowest BCUT2D eigenvalue weighted by Gasteiger charge is -2.23. The zero-order chi connectivity index (χ0) is 15.0. The number of rotatable bonds is 2. The van der Waals surface area contributed by atoms with Crippen LogP contribution in [0.5, 0.6) is 0 Å². The third kappa shape index (κ3) is 1.95. The molecule has 1 unspecified atom stereocenters. The fraction of sp³-hybridized carbons (Fsp3) is 0.0667. The molecule has 0 spiro atoms. The molecule has 0 radical (unpaired) electrons. The van der Waals surface area contributed by atoms with Crippen molar-refractivity contribution in [2.75, 3.05) is 5.32 Å². The van der Waals surface area contributed by atoms with E-state index in [1.165, 1.54) is 0 Å². The number of amidine groups is 1. The molecule has 0 aliphatic carbocycles. The van der Waals surface area contributed by atoms with E-state index in [0.717, 1.165) is 11.5 Å². The summed E-state index contributed by atoms with van der Waals surface area (Å²) in [6, 6.07) is 11.9. The maximum absolute atomic E-state index is 4.73. The van der Waals surface area contributed by atoms with Crippen LogP contribution in [0.15, 0.2) is 70.1 Å². The average molecular weight is 292 g/mol. The number of para-hydroxylation sites is 1. The molecule has 2 aliphatic heterocycles. The monoisotopic (exact) mass is 292 g/mol. The van der Waals surface area contributed by atoms with E-state index >= 15 is 0 Å². The van der Waals surface area contributed by atoms with Gasteiger partial charge in [0.05, 0.1) is 6.20 Å². The third-order valence-corrected chi connectivity index (χ3v) is 3.48. The molecule has 1 aromatic heterocycles. The highest BCUT2D eigenvalue weighted by Gasteiger charge is 2.42. The van der Waals surface area contributed by atoms with Crippen LogP contribution in [0.3, 0.4) is 0 Å². The summed E-state index contributed by atoms with van der Waals surface area (Å²) in [5.41, 5.74) is 1.00. The summed E-state index contributed by atoms with van der Waals surface area (Å²) in [6.07, 6.45) is 7.23. The van der Waals surface area contributed by atoms with E-state index in [4.69, 9.17) is 5.10 Å². The van der Waals surface area contributed by atoms with Crippen molar-refractivity contribution in [1.82, 2.24) is 14.4 Å². The number of hydrogen-bond acceptors (Lipinski definition) is 5. The Labute approximate surface area is 127 Å². The summed E-state index contributed by atoms with van der Waals surface area (Å²) in [5, 5.41) is 12.1. The van der Waals surface area contributed by atoms with Crippen LogP contribution in [0.25, 0.3) is 0 Å². The molecule has 1 atom stereocenters. The van der Waals surface area contributed by atoms with Gasteiger partial charge in [-0.15, -0.1) is 0 Å². The van der Waals surface area contributed by atoms with Gasteiger partial charge in [-0.1, -0.05) is 22.8 Å². The Morgan fingerprint density at radius 1 is 1.14 bits per heavy atom. The van der Waals surface area contributed by atoms with Crippen LogP contribution in [0.1, 0.15) is 0 Å². The van der Waals surface area contributed by atoms with Crippen molar-refractivity contribution in [3.05, 3.63) is 55.0 Å². The quantitative estimate of drug-likeness (QED) is 0.861. The molecule has 3 heterocycles. The lowest BCUT2D eigenvalue weighted by atomic mass is 10.2. The number of guanidine groups is 1. The predicted octanol–water partition coefficient (Wildman–Crippen LogP) is 2.08. The van der Waals surface area contributed by atoms with Crippen molar-refractivity contribution in [1.29, 1.82) is 0 Å². The van der Waals surface area contributed by atoms with Crippen molar-refractivity contribution in [3.8, 4) is 0 Å². The molecule has 2 aromatic rings. The molecule has 1 aromatic carbocycles. The molecule has 0 amide bonds. The fourth-order valence-corrected chi connectivity index (χ4v) is 2.46. The smallest absolute Gasteiger partial charge is 0.288 e. The largest absolute Gasteiger partial charge is 0.303 e. The Balaban J connectivity index is 1.75. The van der Waals surface area contributed by atoms with E-state index in [1.54, 1.807) is 17.1 Å². The zero-order valence-corrected chi connectivity index (χ0v) is 12.0. The maximum Gasteiger partial charge on any atom is 0.288 e. The van der Waals surface area contributed by atoms with Crippen LogP contribution in [0, 0.1) is 0 Å². The molecule has 0 saturated heterocycles. The number of hydrogen-bond donors (Lipinski definition) is 1. The molecule has 2 aliphatic rings. The normalized spacial score (nSPS) is 22.2. The summed E-state index contributed by atoms with van der Waals surface area (Å²) in [4.78, 5) is 8.70. The fourth-order valence-electron chi connectivity index (χ4n) is 2.46. The number of aliphatic imine (C=N–C) groups is 2. The lowest BCUT2D eigenvalue weighted by Crippen LogP contribution is -2.44. The van der Waals surface area contributed by atoms with Gasteiger partial charge < -0.3 is 5.32 Å². The van der Waals surface area contributed by atoms with Gasteiger partial charge >= 0.3 is 0 Å². The first kappa shape index (κ1) is 12.7. The van der Waals surface area contributed by atoms with Crippen LogP contribution in [0.4, 0.5) is 11.5 Å². The highest BCUT2D eigenvalue weighted by atomic mass is 15.7. The van der Waals surface area contributed by atoms with Crippen LogP contribution in [0.2, 0.25) is 0 Å². The van der Waals surface area contributed by atoms with Crippen molar-refractivity contribution in [3.63, 3.8) is 0 Å². The van der Waals surface area contributed by atoms with Crippen LogP contribution >= 0.6 is 0 Å². The number of anilines is 1. The standard InChI is InChI=1S/C15H14N7/c1-21-9-7-13(19-21)17-15-18-14-11-16-8-10-22(14,20-15)12-5-3-2-4-6-12/h2-11H,1H3,(H,17,19,20)/q+1. The van der Waals surface area contributed by atoms with Crippen molar-refractivity contribution in [2.24, 2.45) is 22.1 Å². The Kier molecular flexibility index (Phi) is 2.73. The first-order valence-corrected chi connectivity index (χ1v) is 6.88. The summed E-state index contributed by atoms with van der Waals surface area (Å²) >= 11 is 0. The van der Waals surface area contributed by atoms with E-state index in [2.05, 4.69) is 20.4 Å². The molecule has 7 heteroatoms. The number of aryl methyl sites for hydroxylation is 1. The maximum atomic E-state index is 4.73. The summed E-state index contributed by atoms with van der Waals surface area (Å²) in [6.45, 7) is 0. The number of fused-ring (bicyclic) bond motifs is 1. The van der Waals surface area contributed by atoms with Gasteiger partial charge in [0, 0.05) is 31.4 Å². The van der Waals surface area contributed by atoms with Crippen molar-refractivity contribution >= 4 is 29.5 Å². The van der Waals surface area contributed by atoms with Crippen LogP contribution in [-0.2, 0) is 7.05 Å². The van der Waals surface area contributed by atoms with Gasteiger partial charge in [0.1, 0.15) is 6.21 Å². The Hall–Kier alpha value is -3.06. The van der Waals surface area contributed by atoms with Gasteiger partial charge in [-0.2, -0.15) is 10.1 Å². The molecule has 0 bridgehead atoms. The van der Waals surface area contributed by atoms with Crippen molar-refractivity contribution < 1.29 is 0 Å². The van der Waals surface area contributed by atoms with E-state index in [-0.39, 0.29) is 4.59 Å². The number of benzene rings is 1. The molecule has 108 valence electrons. The van der Waals surface area contributed by atoms with Crippen molar-refractivity contribution in [2.45, 2.75) is 0 Å². The molecule has 7 nitrogen and oxygen atoms in total. The molecular formula is C15H14N7+. The van der Waals surface area contributed by atoms with Gasteiger partial charge in [0.2, 0.25) is 0 Å². The second kappa shape index (κ2) is 4.74. The Bertz CT molecular complexity index is 829. The van der Waals surface area contributed by atoms with Gasteiger partial charge in [-0.05, 0) is 5.10 Å². The van der Waals surface area contributed by atoms with E-state index in [9.17, 15) is 0 Å². The molecule has 22 heavy (non-hydrogen) atoms. The van der Waals surface area contributed by atoms with E-state index in [0.29, 0.717) is 11.8 Å². The van der Waals surface area contributed by atoms with E-state index in [1.807, 2.05) is 55.8 Å². The highest BCUT2D eigenvalue weighted by molar-refractivity contribution is 6.38. The van der Waals surface area contributed by atoms with Gasteiger partial charge in [0.25, 0.3) is 11.8 Å². The van der Waals surface area contributed by atoms with Gasteiger partial charge in [0.15, 0.2) is 17.7 Å². The molecule has 1 N–H and O–H groups in total. The van der Waals surface area contributed by atoms with Gasteiger partial charge in [-0.25, -0.2) is 0 Å². The molecule has 4 rings (SSSR count). The minimum Gasteiger partial charge on any atom is -0.303 e. The summed E-state index contributed by atoms with van der Waals surface area (Å²) < 4.78 is 1.90. The lowest BCUT2D eigenvalue weighted by molar-refractivity contribution is 0.592. The summed E-state index contributed by atoms with van der Waals surface area (Å²) in [7, 11) is 1.87. The second-order valence-corrected chi connectivity index (χ2v) is 4.99. The number of aromatic nitrogens is 2. The predicted molar refractivity (Wildman–Crippen MR) is 87.6 cm³/mol.